The number of rotatable bonds is 9. The van der Waals surface area contributed by atoms with Gasteiger partial charge in [0, 0.05) is 20.0 Å². The van der Waals surface area contributed by atoms with Gasteiger partial charge in [-0.25, -0.2) is 0 Å². The Labute approximate surface area is 123 Å². The number of amides is 1. The third-order valence-electron chi connectivity index (χ3n) is 4.53. The topological polar surface area (TPSA) is 66.6 Å². The number of likely N-dealkylation sites (N-methyl/N-ethyl adjacent to an activating group) is 1. The van der Waals surface area contributed by atoms with E-state index in [-0.39, 0.29) is 5.91 Å². The van der Waals surface area contributed by atoms with E-state index in [1.165, 1.54) is 0 Å². The van der Waals surface area contributed by atoms with E-state index in [1.54, 1.807) is 4.90 Å². The van der Waals surface area contributed by atoms with Crippen molar-refractivity contribution in [2.45, 2.75) is 70.3 Å². The van der Waals surface area contributed by atoms with Crippen LogP contribution in [0.25, 0.3) is 0 Å². The first-order valence-corrected chi connectivity index (χ1v) is 8.17. The monoisotopic (exact) mass is 284 g/mol. The minimum absolute atomic E-state index is 0.156. The van der Waals surface area contributed by atoms with Crippen LogP contribution in [0.5, 0.6) is 0 Å². The van der Waals surface area contributed by atoms with Crippen LogP contribution in [0, 0.1) is 5.92 Å². The van der Waals surface area contributed by atoms with Gasteiger partial charge in [0.2, 0.25) is 5.91 Å². The van der Waals surface area contributed by atoms with Crippen molar-refractivity contribution >= 4 is 5.91 Å². The van der Waals surface area contributed by atoms with Crippen LogP contribution in [0.2, 0.25) is 0 Å². The minimum Gasteiger partial charge on any atom is -0.388 e. The molecule has 1 unspecified atom stereocenters. The molecule has 0 aromatic heterocycles. The standard InChI is InChI=1S/C16H32N2O2/c1-3-6-14(9-12-17)7-8-15(19)18(2)13-16(20)10-4-5-11-16/h14,20H,3-13,17H2,1-2H3. The maximum absolute atomic E-state index is 12.2. The van der Waals surface area contributed by atoms with Gasteiger partial charge >= 0.3 is 0 Å². The molecule has 0 spiro atoms. The average molecular weight is 284 g/mol. The second kappa shape index (κ2) is 8.63. The van der Waals surface area contributed by atoms with Crippen LogP contribution in [-0.4, -0.2) is 41.7 Å². The largest absolute Gasteiger partial charge is 0.388 e. The van der Waals surface area contributed by atoms with Crippen LogP contribution in [0.15, 0.2) is 0 Å². The molecule has 0 aromatic carbocycles. The smallest absolute Gasteiger partial charge is 0.222 e. The Morgan fingerprint density at radius 3 is 2.50 bits per heavy atom. The molecule has 1 fully saturated rings. The van der Waals surface area contributed by atoms with Crippen LogP contribution in [0.1, 0.15) is 64.7 Å². The van der Waals surface area contributed by atoms with E-state index >= 15 is 0 Å². The Morgan fingerprint density at radius 2 is 1.95 bits per heavy atom. The molecule has 1 aliphatic carbocycles. The zero-order chi connectivity index (χ0) is 15.0. The van der Waals surface area contributed by atoms with Gasteiger partial charge in [0.1, 0.15) is 0 Å². The Balaban J connectivity index is 2.33. The Kier molecular flexibility index (Phi) is 7.52. The number of carbonyl (C=O) groups is 1. The van der Waals surface area contributed by atoms with Crippen LogP contribution in [0.3, 0.4) is 0 Å². The molecule has 1 rings (SSSR count). The fourth-order valence-electron chi connectivity index (χ4n) is 3.32. The van der Waals surface area contributed by atoms with Gasteiger partial charge in [0.15, 0.2) is 0 Å². The van der Waals surface area contributed by atoms with Gasteiger partial charge in [0.05, 0.1) is 5.60 Å². The molecule has 0 saturated heterocycles. The highest BCUT2D eigenvalue weighted by atomic mass is 16.3. The van der Waals surface area contributed by atoms with Gasteiger partial charge in [-0.2, -0.15) is 0 Å². The lowest BCUT2D eigenvalue weighted by atomic mass is 9.94. The molecule has 0 aromatic rings. The average Bonchev–Trinajstić information content (AvgIpc) is 2.82. The second-order valence-corrected chi connectivity index (χ2v) is 6.45. The molecule has 118 valence electrons. The molecule has 0 aliphatic heterocycles. The van der Waals surface area contributed by atoms with Crippen LogP contribution < -0.4 is 5.73 Å². The maximum atomic E-state index is 12.2. The number of hydrogen-bond acceptors (Lipinski definition) is 3. The molecule has 0 radical (unpaired) electrons. The summed E-state index contributed by atoms with van der Waals surface area (Å²) in [5.74, 6) is 0.723. The maximum Gasteiger partial charge on any atom is 0.222 e. The van der Waals surface area contributed by atoms with Crippen molar-refractivity contribution in [3.63, 3.8) is 0 Å². The molecule has 4 heteroatoms. The molecule has 1 amide bonds. The van der Waals surface area contributed by atoms with Crippen molar-refractivity contribution in [2.75, 3.05) is 20.1 Å². The predicted octanol–water partition coefficient (Wildman–Crippen LogP) is 2.30. The lowest BCUT2D eigenvalue weighted by Crippen LogP contribution is -2.42. The lowest BCUT2D eigenvalue weighted by Gasteiger charge is -2.29. The number of nitrogens with zero attached hydrogens (tertiary/aromatic N) is 1. The van der Waals surface area contributed by atoms with Gasteiger partial charge in [0.25, 0.3) is 0 Å². The summed E-state index contributed by atoms with van der Waals surface area (Å²) < 4.78 is 0. The quantitative estimate of drug-likeness (QED) is 0.682. The molecule has 20 heavy (non-hydrogen) atoms. The molecule has 1 saturated carbocycles. The van der Waals surface area contributed by atoms with Crippen molar-refractivity contribution in [3.8, 4) is 0 Å². The lowest BCUT2D eigenvalue weighted by molar-refractivity contribution is -0.133. The Hall–Kier alpha value is -0.610. The Morgan fingerprint density at radius 1 is 1.30 bits per heavy atom. The van der Waals surface area contributed by atoms with E-state index in [2.05, 4.69) is 6.92 Å². The molecule has 3 N–H and O–H groups in total. The van der Waals surface area contributed by atoms with E-state index in [0.29, 0.717) is 25.4 Å². The summed E-state index contributed by atoms with van der Waals surface area (Å²) in [5.41, 5.74) is 4.99. The van der Waals surface area contributed by atoms with Gasteiger partial charge in [-0.1, -0.05) is 32.6 Å². The van der Waals surface area contributed by atoms with Crippen molar-refractivity contribution in [2.24, 2.45) is 11.7 Å². The SMILES string of the molecule is CCCC(CCN)CCC(=O)N(C)CC1(O)CCCC1. The Bertz CT molecular complexity index is 282. The number of hydrogen-bond donors (Lipinski definition) is 2. The summed E-state index contributed by atoms with van der Waals surface area (Å²) in [5, 5.41) is 10.3. The highest BCUT2D eigenvalue weighted by Gasteiger charge is 2.33. The van der Waals surface area contributed by atoms with Crippen LogP contribution in [0.4, 0.5) is 0 Å². The third-order valence-corrected chi connectivity index (χ3v) is 4.53. The first-order valence-electron chi connectivity index (χ1n) is 8.17. The van der Waals surface area contributed by atoms with E-state index in [9.17, 15) is 9.90 Å². The molecule has 1 aliphatic rings. The summed E-state index contributed by atoms with van der Waals surface area (Å²) in [6.45, 7) is 3.36. The highest BCUT2D eigenvalue weighted by Crippen LogP contribution is 2.30. The number of carbonyl (C=O) groups excluding carboxylic acids is 1. The summed E-state index contributed by atoms with van der Waals surface area (Å²) >= 11 is 0. The predicted molar refractivity (Wildman–Crippen MR) is 82.4 cm³/mol. The van der Waals surface area contributed by atoms with E-state index in [1.807, 2.05) is 7.05 Å². The molecule has 4 nitrogen and oxygen atoms in total. The summed E-state index contributed by atoms with van der Waals surface area (Å²) in [7, 11) is 1.82. The molecule has 0 heterocycles. The summed E-state index contributed by atoms with van der Waals surface area (Å²) in [6, 6.07) is 0. The molecular weight excluding hydrogens is 252 g/mol. The van der Waals surface area contributed by atoms with Crippen LogP contribution in [-0.2, 0) is 4.79 Å². The zero-order valence-electron chi connectivity index (χ0n) is 13.2. The van der Waals surface area contributed by atoms with Gasteiger partial charge in [-0.15, -0.1) is 0 Å². The summed E-state index contributed by atoms with van der Waals surface area (Å²) in [6.07, 6.45) is 8.62. The van der Waals surface area contributed by atoms with Gasteiger partial charge < -0.3 is 15.7 Å². The van der Waals surface area contributed by atoms with E-state index < -0.39 is 5.60 Å². The highest BCUT2D eigenvalue weighted by molar-refractivity contribution is 5.75. The van der Waals surface area contributed by atoms with Crippen molar-refractivity contribution < 1.29 is 9.90 Å². The minimum atomic E-state index is -0.634. The normalized spacial score (nSPS) is 19.0. The van der Waals surface area contributed by atoms with Crippen molar-refractivity contribution in [1.82, 2.24) is 4.90 Å². The van der Waals surface area contributed by atoms with Gasteiger partial charge in [-0.05, 0) is 38.1 Å². The first-order chi connectivity index (χ1) is 9.50. The number of aliphatic hydroxyl groups is 1. The third kappa shape index (κ3) is 5.80. The summed E-state index contributed by atoms with van der Waals surface area (Å²) in [4.78, 5) is 13.9. The zero-order valence-corrected chi connectivity index (χ0v) is 13.2. The molecule has 0 bridgehead atoms. The molecule has 1 atom stereocenters. The molecular formula is C16H32N2O2. The first kappa shape index (κ1) is 17.4. The number of nitrogens with two attached hydrogens (primary N) is 1. The van der Waals surface area contributed by atoms with Crippen molar-refractivity contribution in [1.29, 1.82) is 0 Å². The van der Waals surface area contributed by atoms with E-state index in [4.69, 9.17) is 5.73 Å². The second-order valence-electron chi connectivity index (χ2n) is 6.45. The van der Waals surface area contributed by atoms with Gasteiger partial charge in [-0.3, -0.25) is 4.79 Å². The van der Waals surface area contributed by atoms with Crippen LogP contribution >= 0.6 is 0 Å². The fourth-order valence-corrected chi connectivity index (χ4v) is 3.32. The van der Waals surface area contributed by atoms with Crippen molar-refractivity contribution in [3.05, 3.63) is 0 Å². The van der Waals surface area contributed by atoms with E-state index in [0.717, 1.165) is 51.4 Å². The fraction of sp³-hybridized carbons (Fsp3) is 0.938.